The van der Waals surface area contributed by atoms with Crippen molar-refractivity contribution >= 4 is 16.0 Å². The van der Waals surface area contributed by atoms with Crippen LogP contribution >= 0.6 is 0 Å². The van der Waals surface area contributed by atoms with Gasteiger partial charge in [-0.05, 0) is 39.0 Å². The number of hydrogen-bond acceptors (Lipinski definition) is 7. The Morgan fingerprint density at radius 1 is 1.07 bits per heavy atom. The molecule has 0 aliphatic carbocycles. The molecule has 1 heterocycles. The lowest BCUT2D eigenvalue weighted by atomic mass is 10.3. The van der Waals surface area contributed by atoms with E-state index in [1.54, 1.807) is 30.0 Å². The van der Waals surface area contributed by atoms with Gasteiger partial charge >= 0.3 is 0 Å². The fraction of sp³-hybridized carbons (Fsp3) is 0.444. The van der Waals surface area contributed by atoms with Crippen LogP contribution in [-0.4, -0.2) is 45.7 Å². The third kappa shape index (κ3) is 5.54. The first-order valence-electron chi connectivity index (χ1n) is 8.68. The molecular weight excluding hydrogens is 368 g/mol. The summed E-state index contributed by atoms with van der Waals surface area (Å²) in [6.07, 6.45) is 0. The molecule has 1 aromatic heterocycles. The molecule has 0 amide bonds. The third-order valence-corrected chi connectivity index (χ3v) is 4.99. The lowest BCUT2D eigenvalue weighted by Gasteiger charge is -2.15. The highest BCUT2D eigenvalue weighted by Crippen LogP contribution is 2.29. The second-order valence-electron chi connectivity index (χ2n) is 5.99. The normalized spacial score (nSPS) is 11.3. The van der Waals surface area contributed by atoms with Crippen LogP contribution in [-0.2, 0) is 16.6 Å². The van der Waals surface area contributed by atoms with Crippen LogP contribution in [0, 0.1) is 6.92 Å². The molecule has 0 unspecified atom stereocenters. The van der Waals surface area contributed by atoms with Crippen LogP contribution in [0.1, 0.15) is 25.2 Å². The summed E-state index contributed by atoms with van der Waals surface area (Å²) < 4.78 is 39.1. The zero-order valence-electron chi connectivity index (χ0n) is 16.3. The molecule has 0 fully saturated rings. The van der Waals surface area contributed by atoms with Crippen LogP contribution in [0.5, 0.6) is 11.5 Å². The molecule has 2 rings (SSSR count). The number of rotatable bonds is 9. The molecule has 0 saturated carbocycles. The van der Waals surface area contributed by atoms with Crippen molar-refractivity contribution in [2.45, 2.75) is 32.2 Å². The smallest absolute Gasteiger partial charge is 0.244 e. The Kier molecular flexibility index (Phi) is 6.98. The van der Waals surface area contributed by atoms with Gasteiger partial charge in [0.25, 0.3) is 0 Å². The van der Waals surface area contributed by atoms with E-state index in [4.69, 9.17) is 9.47 Å². The van der Waals surface area contributed by atoms with E-state index >= 15 is 0 Å². The lowest BCUT2D eigenvalue weighted by Crippen LogP contribution is -2.25. The maximum atomic E-state index is 12.8. The summed E-state index contributed by atoms with van der Waals surface area (Å²) in [7, 11) is -0.133. The monoisotopic (exact) mass is 394 g/mol. The van der Waals surface area contributed by atoms with Crippen molar-refractivity contribution in [3.8, 4) is 11.5 Å². The number of aromatic nitrogens is 2. The zero-order chi connectivity index (χ0) is 20.0. The first kappa shape index (κ1) is 20.9. The van der Waals surface area contributed by atoms with Gasteiger partial charge in [-0.15, -0.1) is 0 Å². The molecule has 8 nitrogen and oxygen atoms in total. The summed E-state index contributed by atoms with van der Waals surface area (Å²) in [6.45, 7) is 6.37. The number of sulfonamides is 1. The summed E-state index contributed by atoms with van der Waals surface area (Å²) in [6, 6.07) is 6.42. The van der Waals surface area contributed by atoms with E-state index < -0.39 is 10.0 Å². The van der Waals surface area contributed by atoms with Gasteiger partial charge in [0.2, 0.25) is 16.0 Å². The average Bonchev–Trinajstić information content (AvgIpc) is 2.60. The van der Waals surface area contributed by atoms with E-state index in [2.05, 4.69) is 14.7 Å². The van der Waals surface area contributed by atoms with Gasteiger partial charge < -0.3 is 14.4 Å². The van der Waals surface area contributed by atoms with E-state index in [9.17, 15) is 8.42 Å². The highest BCUT2D eigenvalue weighted by Gasteiger charge is 2.21. The summed E-state index contributed by atoms with van der Waals surface area (Å²) >= 11 is 0. The van der Waals surface area contributed by atoms with Gasteiger partial charge in [-0.3, -0.25) is 0 Å². The minimum absolute atomic E-state index is 0.0469. The standard InChI is InChI=1S/C18H26N4O4S/c1-6-25-15-8-9-17(16(11-15)26-7-2)27(23,24)19-12-14-10-13(3)20-18(21-14)22(4)5/h8-11,19H,6-7,12H2,1-5H3. The van der Waals surface area contributed by atoms with E-state index in [0.29, 0.717) is 30.6 Å². The highest BCUT2D eigenvalue weighted by molar-refractivity contribution is 7.89. The predicted octanol–water partition coefficient (Wildman–Crippen LogP) is 2.13. The molecule has 9 heteroatoms. The van der Waals surface area contributed by atoms with Crippen molar-refractivity contribution in [3.05, 3.63) is 35.7 Å². The summed E-state index contributed by atoms with van der Waals surface area (Å²) in [5.74, 6) is 1.34. The van der Waals surface area contributed by atoms with Crippen molar-refractivity contribution in [1.82, 2.24) is 14.7 Å². The fourth-order valence-electron chi connectivity index (χ4n) is 2.39. The Morgan fingerprint density at radius 2 is 1.78 bits per heavy atom. The third-order valence-electron chi connectivity index (χ3n) is 3.55. The zero-order valence-corrected chi connectivity index (χ0v) is 17.1. The molecule has 2 aromatic rings. The molecule has 148 valence electrons. The molecule has 0 atom stereocenters. The maximum Gasteiger partial charge on any atom is 0.244 e. The molecular formula is C18H26N4O4S. The van der Waals surface area contributed by atoms with E-state index in [1.807, 2.05) is 27.9 Å². The van der Waals surface area contributed by atoms with E-state index in [0.717, 1.165) is 5.69 Å². The van der Waals surface area contributed by atoms with Gasteiger partial charge in [0.1, 0.15) is 16.4 Å². The van der Waals surface area contributed by atoms with Crippen molar-refractivity contribution in [2.75, 3.05) is 32.2 Å². The number of benzene rings is 1. The molecule has 0 saturated heterocycles. The molecule has 0 aliphatic rings. The average molecular weight is 394 g/mol. The predicted molar refractivity (Wildman–Crippen MR) is 104 cm³/mol. The molecule has 27 heavy (non-hydrogen) atoms. The van der Waals surface area contributed by atoms with E-state index in [1.165, 1.54) is 6.07 Å². The van der Waals surface area contributed by atoms with Crippen LogP contribution in [0.25, 0.3) is 0 Å². The SMILES string of the molecule is CCOc1ccc(S(=O)(=O)NCc2cc(C)nc(N(C)C)n2)c(OCC)c1. The number of hydrogen-bond donors (Lipinski definition) is 1. The quantitative estimate of drug-likeness (QED) is 0.696. The van der Waals surface area contributed by atoms with Crippen molar-refractivity contribution in [3.63, 3.8) is 0 Å². The highest BCUT2D eigenvalue weighted by atomic mass is 32.2. The Hall–Kier alpha value is -2.39. The number of nitrogens with zero attached hydrogens (tertiary/aromatic N) is 3. The summed E-state index contributed by atoms with van der Waals surface area (Å²) in [4.78, 5) is 10.5. The molecule has 0 bridgehead atoms. The van der Waals surface area contributed by atoms with Gasteiger partial charge in [0.15, 0.2) is 0 Å². The lowest BCUT2D eigenvalue weighted by molar-refractivity contribution is 0.317. The van der Waals surface area contributed by atoms with Crippen LogP contribution < -0.4 is 19.1 Å². The number of anilines is 1. The first-order chi connectivity index (χ1) is 12.8. The van der Waals surface area contributed by atoms with Gasteiger partial charge in [0, 0.05) is 25.9 Å². The number of aryl methyl sites for hydroxylation is 1. The summed E-state index contributed by atoms with van der Waals surface area (Å²) in [5, 5.41) is 0. The van der Waals surface area contributed by atoms with Crippen molar-refractivity contribution in [2.24, 2.45) is 0 Å². The first-order valence-corrected chi connectivity index (χ1v) is 10.2. The summed E-state index contributed by atoms with van der Waals surface area (Å²) in [5.41, 5.74) is 1.35. The molecule has 0 spiro atoms. The molecule has 1 aromatic carbocycles. The second-order valence-corrected chi connectivity index (χ2v) is 7.73. The Morgan fingerprint density at radius 3 is 2.41 bits per heavy atom. The van der Waals surface area contributed by atoms with E-state index in [-0.39, 0.29) is 17.2 Å². The second kappa shape index (κ2) is 9.01. The Bertz CT molecular complexity index is 885. The molecule has 1 N–H and O–H groups in total. The van der Waals surface area contributed by atoms with Gasteiger partial charge in [-0.2, -0.15) is 0 Å². The van der Waals surface area contributed by atoms with Gasteiger partial charge in [-0.25, -0.2) is 23.1 Å². The number of nitrogens with one attached hydrogen (secondary N) is 1. The number of ether oxygens (including phenoxy) is 2. The minimum Gasteiger partial charge on any atom is -0.494 e. The molecule has 0 radical (unpaired) electrons. The van der Waals surface area contributed by atoms with Gasteiger partial charge in [-0.1, -0.05) is 0 Å². The maximum absolute atomic E-state index is 12.8. The largest absolute Gasteiger partial charge is 0.494 e. The fourth-order valence-corrected chi connectivity index (χ4v) is 3.51. The van der Waals surface area contributed by atoms with Crippen molar-refractivity contribution < 1.29 is 17.9 Å². The Labute approximate surface area is 160 Å². The van der Waals surface area contributed by atoms with Crippen LogP contribution in [0.15, 0.2) is 29.2 Å². The Balaban J connectivity index is 2.26. The van der Waals surface area contributed by atoms with Gasteiger partial charge in [0.05, 0.1) is 25.5 Å². The van der Waals surface area contributed by atoms with Crippen LogP contribution in [0.4, 0.5) is 5.95 Å². The van der Waals surface area contributed by atoms with Crippen molar-refractivity contribution in [1.29, 1.82) is 0 Å². The molecule has 0 aliphatic heterocycles. The topological polar surface area (TPSA) is 93.7 Å². The minimum atomic E-state index is -3.79. The van der Waals surface area contributed by atoms with Crippen LogP contribution in [0.3, 0.4) is 0 Å². The van der Waals surface area contributed by atoms with Crippen LogP contribution in [0.2, 0.25) is 0 Å².